The van der Waals surface area contributed by atoms with E-state index in [9.17, 15) is 19.8 Å². The van der Waals surface area contributed by atoms with Gasteiger partial charge in [-0.3, -0.25) is 19.3 Å². The van der Waals surface area contributed by atoms with E-state index in [2.05, 4.69) is 10.3 Å². The quantitative estimate of drug-likeness (QED) is 0.482. The minimum atomic E-state index is -1.16. The second-order valence-corrected chi connectivity index (χ2v) is 10.0. The Bertz CT molecular complexity index is 1300. The van der Waals surface area contributed by atoms with E-state index >= 15 is 0 Å². The number of β-amino-alcohol motifs (C(OH)–C–C–N with tert-alkyl or cyclic N) is 1. The molecule has 186 valence electrons. The number of fused-ring (bicyclic) bond motifs is 2. The molecule has 0 saturated carbocycles. The van der Waals surface area contributed by atoms with Gasteiger partial charge in [-0.2, -0.15) is 0 Å². The van der Waals surface area contributed by atoms with Gasteiger partial charge in [0, 0.05) is 25.0 Å². The summed E-state index contributed by atoms with van der Waals surface area (Å²) in [7, 11) is 3.29. The molecule has 0 bridgehead atoms. The maximum absolute atomic E-state index is 13.7. The predicted molar refractivity (Wildman–Crippen MR) is 131 cm³/mol. The average Bonchev–Trinajstić information content (AvgIpc) is 3.53. The molecule has 1 unspecified atom stereocenters. The molecule has 4 heterocycles. The van der Waals surface area contributed by atoms with Gasteiger partial charge in [-0.05, 0) is 26.0 Å². The lowest BCUT2D eigenvalue weighted by atomic mass is 10.0. The number of aliphatic hydroxyl groups excluding tert-OH is 2. The number of amides is 2. The Morgan fingerprint density at radius 3 is 2.71 bits per heavy atom. The molecule has 2 amide bonds. The summed E-state index contributed by atoms with van der Waals surface area (Å²) >= 11 is 1.30. The number of benzene rings is 1. The summed E-state index contributed by atoms with van der Waals surface area (Å²) in [6.45, 7) is 4.12. The zero-order valence-corrected chi connectivity index (χ0v) is 20.7. The molecule has 2 aliphatic heterocycles. The van der Waals surface area contributed by atoms with Crippen molar-refractivity contribution in [2.75, 3.05) is 37.5 Å². The standard InChI is InChI=1S/C23H28N6O5S/c1-12(2)29-21-18(19(31)26(4)23(29)33)17(20(32)28-9-13(30)11-34-28)16(35-21)10-27-15-8-6-5-7-14(15)25-22(27)24-3/h5-8,12-13,23,30,33H,9-11H2,1-4H3,(H,24,25)/t13-,23?/m0/s1. The Labute approximate surface area is 206 Å². The average molecular weight is 501 g/mol. The third-order valence-corrected chi connectivity index (χ3v) is 7.49. The van der Waals surface area contributed by atoms with E-state index in [0.29, 0.717) is 15.8 Å². The number of hydrogen-bond acceptors (Lipinski definition) is 9. The zero-order chi connectivity index (χ0) is 25.0. The fourth-order valence-electron chi connectivity index (χ4n) is 4.57. The number of hydroxylamine groups is 2. The van der Waals surface area contributed by atoms with Gasteiger partial charge in [0.25, 0.3) is 11.8 Å². The largest absolute Gasteiger partial charge is 0.389 e. The summed E-state index contributed by atoms with van der Waals surface area (Å²) in [6.07, 6.45) is -1.95. The van der Waals surface area contributed by atoms with Gasteiger partial charge in [0.15, 0.2) is 0 Å². The van der Waals surface area contributed by atoms with Crippen LogP contribution in [0.3, 0.4) is 0 Å². The number of nitrogens with zero attached hydrogens (tertiary/aromatic N) is 5. The lowest BCUT2D eigenvalue weighted by Gasteiger charge is -2.41. The summed E-state index contributed by atoms with van der Waals surface area (Å²) in [4.78, 5) is 40.7. The molecule has 5 rings (SSSR count). The maximum atomic E-state index is 13.7. The van der Waals surface area contributed by atoms with Gasteiger partial charge < -0.3 is 25.0 Å². The van der Waals surface area contributed by atoms with Crippen LogP contribution in [0.4, 0.5) is 10.9 Å². The highest BCUT2D eigenvalue weighted by atomic mass is 32.1. The van der Waals surface area contributed by atoms with Crippen molar-refractivity contribution in [3.8, 4) is 0 Å². The molecule has 2 aromatic heterocycles. The number of thiophene rings is 1. The summed E-state index contributed by atoms with van der Waals surface area (Å²) in [5.41, 5.74) is 2.12. The number of imidazole rings is 1. The molecule has 2 aliphatic rings. The predicted octanol–water partition coefficient (Wildman–Crippen LogP) is 1.51. The van der Waals surface area contributed by atoms with Crippen LogP contribution in [0.5, 0.6) is 0 Å². The first-order valence-electron chi connectivity index (χ1n) is 11.4. The molecular weight excluding hydrogens is 472 g/mol. The van der Waals surface area contributed by atoms with Crippen molar-refractivity contribution in [2.24, 2.45) is 0 Å². The molecule has 0 aliphatic carbocycles. The van der Waals surface area contributed by atoms with Gasteiger partial charge in [-0.25, -0.2) is 10.0 Å². The molecule has 11 nitrogen and oxygen atoms in total. The molecule has 3 N–H and O–H groups in total. The third-order valence-electron chi connectivity index (χ3n) is 6.30. The number of para-hydroxylation sites is 2. The molecule has 12 heteroatoms. The number of anilines is 2. The Hall–Kier alpha value is -3.19. The van der Waals surface area contributed by atoms with Crippen LogP contribution >= 0.6 is 11.3 Å². The summed E-state index contributed by atoms with van der Waals surface area (Å²) < 4.78 is 1.95. The number of carbonyl (C=O) groups excluding carboxylic acids is 2. The fourth-order valence-corrected chi connectivity index (χ4v) is 5.99. The maximum Gasteiger partial charge on any atom is 0.279 e. The van der Waals surface area contributed by atoms with E-state index in [1.54, 1.807) is 11.9 Å². The second-order valence-electron chi connectivity index (χ2n) is 8.92. The summed E-state index contributed by atoms with van der Waals surface area (Å²) in [5.74, 6) is -0.321. The number of aromatic nitrogens is 2. The molecule has 1 aromatic carbocycles. The molecule has 0 spiro atoms. The third kappa shape index (κ3) is 3.73. The molecular formula is C23H28N6O5S. The zero-order valence-electron chi connectivity index (χ0n) is 19.9. The van der Waals surface area contributed by atoms with E-state index in [1.165, 1.54) is 23.3 Å². The molecule has 3 aromatic rings. The molecule has 1 fully saturated rings. The number of carbonyl (C=O) groups is 2. The summed E-state index contributed by atoms with van der Waals surface area (Å²) in [6, 6.07) is 7.54. The molecule has 0 radical (unpaired) electrons. The van der Waals surface area contributed by atoms with Crippen LogP contribution in [0.2, 0.25) is 0 Å². The van der Waals surface area contributed by atoms with E-state index < -0.39 is 24.3 Å². The normalized spacial score (nSPS) is 20.3. The van der Waals surface area contributed by atoms with Crippen LogP contribution in [0.1, 0.15) is 39.4 Å². The highest BCUT2D eigenvalue weighted by Gasteiger charge is 2.43. The van der Waals surface area contributed by atoms with Gasteiger partial charge in [0.05, 0.1) is 35.2 Å². The highest BCUT2D eigenvalue weighted by molar-refractivity contribution is 7.17. The summed E-state index contributed by atoms with van der Waals surface area (Å²) in [5, 5.41) is 25.5. The van der Waals surface area contributed by atoms with Crippen LogP contribution in [0.15, 0.2) is 24.3 Å². The first-order valence-corrected chi connectivity index (χ1v) is 12.2. The van der Waals surface area contributed by atoms with Crippen LogP contribution in [0, 0.1) is 0 Å². The number of aliphatic hydroxyl groups is 2. The van der Waals surface area contributed by atoms with E-state index in [1.807, 2.05) is 42.7 Å². The number of nitrogens with one attached hydrogen (secondary N) is 1. The molecule has 1 saturated heterocycles. The van der Waals surface area contributed by atoms with Crippen molar-refractivity contribution in [3.05, 3.63) is 40.3 Å². The lowest BCUT2D eigenvalue weighted by Crippen LogP contribution is -2.55. The van der Waals surface area contributed by atoms with Gasteiger partial charge in [0.1, 0.15) is 17.7 Å². The van der Waals surface area contributed by atoms with Crippen molar-refractivity contribution in [2.45, 2.75) is 38.9 Å². The smallest absolute Gasteiger partial charge is 0.279 e. The van der Waals surface area contributed by atoms with Gasteiger partial charge >= 0.3 is 0 Å². The number of hydrogen-bond donors (Lipinski definition) is 3. The minimum absolute atomic E-state index is 0.00808. The minimum Gasteiger partial charge on any atom is -0.389 e. The SMILES string of the molecule is CNc1nc2ccccc2n1Cc1sc2c(c1C(=O)N1C[C@H](O)CO1)C(=O)N(C)C(O)N2C(C)C. The van der Waals surface area contributed by atoms with Gasteiger partial charge in [-0.1, -0.05) is 12.1 Å². The second kappa shape index (κ2) is 8.79. The van der Waals surface area contributed by atoms with Crippen LogP contribution in [0.25, 0.3) is 11.0 Å². The topological polar surface area (TPSA) is 123 Å². The Morgan fingerprint density at radius 1 is 1.31 bits per heavy atom. The monoisotopic (exact) mass is 500 g/mol. The Balaban J connectivity index is 1.70. The van der Waals surface area contributed by atoms with Crippen molar-refractivity contribution in [1.82, 2.24) is 19.5 Å². The number of rotatable bonds is 5. The van der Waals surface area contributed by atoms with E-state index in [4.69, 9.17) is 4.84 Å². The van der Waals surface area contributed by atoms with Crippen molar-refractivity contribution < 1.29 is 24.6 Å². The van der Waals surface area contributed by atoms with Gasteiger partial charge in [0.2, 0.25) is 12.3 Å². The van der Waals surface area contributed by atoms with Gasteiger partial charge in [-0.15, -0.1) is 11.3 Å². The van der Waals surface area contributed by atoms with Crippen LogP contribution < -0.4 is 10.2 Å². The van der Waals surface area contributed by atoms with E-state index in [-0.39, 0.29) is 36.9 Å². The first-order chi connectivity index (χ1) is 16.7. The van der Waals surface area contributed by atoms with Crippen LogP contribution in [-0.4, -0.2) is 87.3 Å². The van der Waals surface area contributed by atoms with E-state index in [0.717, 1.165) is 16.1 Å². The molecule has 2 atom stereocenters. The fraction of sp³-hybridized carbons (Fsp3) is 0.435. The van der Waals surface area contributed by atoms with Crippen molar-refractivity contribution >= 4 is 45.1 Å². The van der Waals surface area contributed by atoms with Crippen LogP contribution in [-0.2, 0) is 11.4 Å². The Kier molecular flexibility index (Phi) is 5.91. The molecule has 35 heavy (non-hydrogen) atoms. The van der Waals surface area contributed by atoms with Crippen molar-refractivity contribution in [1.29, 1.82) is 0 Å². The Morgan fingerprint density at radius 2 is 2.06 bits per heavy atom. The highest BCUT2D eigenvalue weighted by Crippen LogP contribution is 2.43. The van der Waals surface area contributed by atoms with Crippen molar-refractivity contribution in [3.63, 3.8) is 0 Å². The lowest BCUT2D eigenvalue weighted by molar-refractivity contribution is -0.0780. The first kappa shape index (κ1) is 23.5.